The number of anilines is 5. The van der Waals surface area contributed by atoms with E-state index >= 15 is 0 Å². The Kier molecular flexibility index (Phi) is 6.28. The monoisotopic (exact) mass is 444 g/mol. The number of benzene rings is 2. The molecule has 166 valence electrons. The fourth-order valence-corrected chi connectivity index (χ4v) is 2.79. The zero-order chi connectivity index (χ0) is 23.5. The third-order valence-corrected chi connectivity index (χ3v) is 4.35. The van der Waals surface area contributed by atoms with Crippen LogP contribution in [0, 0.1) is 6.92 Å². The van der Waals surface area contributed by atoms with Gasteiger partial charge in [0.1, 0.15) is 11.4 Å². The van der Waals surface area contributed by atoms with E-state index in [-0.39, 0.29) is 28.8 Å². The van der Waals surface area contributed by atoms with Gasteiger partial charge in [-0.15, -0.1) is 0 Å². The van der Waals surface area contributed by atoms with E-state index in [2.05, 4.69) is 25.9 Å². The molecule has 3 rings (SSSR count). The summed E-state index contributed by atoms with van der Waals surface area (Å²) in [5.74, 6) is -1.69. The maximum Gasteiger partial charge on any atom is 0.421 e. The molecule has 3 aromatic rings. The van der Waals surface area contributed by atoms with E-state index < -0.39 is 23.5 Å². The molecule has 32 heavy (non-hydrogen) atoms. The second-order valence-corrected chi connectivity index (χ2v) is 6.82. The maximum absolute atomic E-state index is 13.6. The number of carbonyl (C=O) groups is 2. The molecule has 0 radical (unpaired) electrons. The van der Waals surface area contributed by atoms with Gasteiger partial charge in [-0.25, -0.2) is 4.98 Å². The SMILES string of the molecule is CC(=O)Nc1ccccc1Nc1nc(Nc2cc(C(N)=O)ccc2C)ncc1C(F)(F)F. The molecule has 0 atom stereocenters. The van der Waals surface area contributed by atoms with Gasteiger partial charge in [0, 0.05) is 24.4 Å². The minimum atomic E-state index is -4.73. The van der Waals surface area contributed by atoms with Gasteiger partial charge in [-0.2, -0.15) is 18.2 Å². The van der Waals surface area contributed by atoms with Crippen LogP contribution in [0.2, 0.25) is 0 Å². The van der Waals surface area contributed by atoms with Gasteiger partial charge >= 0.3 is 6.18 Å². The third kappa shape index (κ3) is 5.31. The number of aromatic nitrogens is 2. The van der Waals surface area contributed by atoms with Crippen LogP contribution in [0.3, 0.4) is 0 Å². The van der Waals surface area contributed by atoms with Crippen LogP contribution in [0.25, 0.3) is 0 Å². The highest BCUT2D eigenvalue weighted by molar-refractivity contribution is 5.94. The Morgan fingerprint density at radius 2 is 1.69 bits per heavy atom. The summed E-state index contributed by atoms with van der Waals surface area (Å²) in [6.07, 6.45) is -4.09. The lowest BCUT2D eigenvalue weighted by Gasteiger charge is -2.17. The molecule has 8 nitrogen and oxygen atoms in total. The van der Waals surface area contributed by atoms with E-state index in [4.69, 9.17) is 5.73 Å². The number of halogens is 3. The molecule has 0 saturated carbocycles. The average molecular weight is 444 g/mol. The number of primary amides is 1. The molecule has 0 bridgehead atoms. The van der Waals surface area contributed by atoms with E-state index in [0.29, 0.717) is 17.4 Å². The normalized spacial score (nSPS) is 11.0. The minimum absolute atomic E-state index is 0.137. The Labute approximate surface area is 181 Å². The van der Waals surface area contributed by atoms with Crippen molar-refractivity contribution in [2.45, 2.75) is 20.0 Å². The van der Waals surface area contributed by atoms with Gasteiger partial charge in [0.2, 0.25) is 17.8 Å². The largest absolute Gasteiger partial charge is 0.421 e. The van der Waals surface area contributed by atoms with E-state index in [1.165, 1.54) is 31.2 Å². The van der Waals surface area contributed by atoms with Crippen molar-refractivity contribution in [1.29, 1.82) is 0 Å². The highest BCUT2D eigenvalue weighted by Crippen LogP contribution is 2.36. The second kappa shape index (κ2) is 8.92. The third-order valence-electron chi connectivity index (χ3n) is 4.35. The molecule has 0 saturated heterocycles. The summed E-state index contributed by atoms with van der Waals surface area (Å²) < 4.78 is 40.7. The zero-order valence-electron chi connectivity index (χ0n) is 17.0. The number of para-hydroxylation sites is 2. The van der Waals surface area contributed by atoms with Crippen LogP contribution in [-0.2, 0) is 11.0 Å². The molecule has 0 aliphatic heterocycles. The number of nitrogens with zero attached hydrogens (tertiary/aromatic N) is 2. The summed E-state index contributed by atoms with van der Waals surface area (Å²) in [5, 5.41) is 7.98. The lowest BCUT2D eigenvalue weighted by atomic mass is 10.1. The van der Waals surface area contributed by atoms with Gasteiger partial charge in [-0.05, 0) is 36.8 Å². The van der Waals surface area contributed by atoms with Crippen molar-refractivity contribution >= 4 is 40.6 Å². The molecular weight excluding hydrogens is 425 g/mol. The summed E-state index contributed by atoms with van der Waals surface area (Å²) in [4.78, 5) is 30.6. The molecule has 0 unspecified atom stereocenters. The molecule has 11 heteroatoms. The smallest absolute Gasteiger partial charge is 0.366 e. The molecule has 0 aliphatic carbocycles. The number of nitrogens with two attached hydrogens (primary N) is 1. The molecule has 0 fully saturated rings. The Bertz CT molecular complexity index is 1180. The summed E-state index contributed by atoms with van der Waals surface area (Å²) in [6.45, 7) is 3.02. The molecule has 2 amide bonds. The lowest BCUT2D eigenvalue weighted by Crippen LogP contribution is -2.14. The predicted molar refractivity (Wildman–Crippen MR) is 114 cm³/mol. The highest BCUT2D eigenvalue weighted by atomic mass is 19.4. The highest BCUT2D eigenvalue weighted by Gasteiger charge is 2.35. The molecule has 5 N–H and O–H groups in total. The number of amides is 2. The van der Waals surface area contributed by atoms with Crippen molar-refractivity contribution in [3.8, 4) is 0 Å². The van der Waals surface area contributed by atoms with Crippen LogP contribution in [0.4, 0.5) is 42.0 Å². The van der Waals surface area contributed by atoms with Crippen molar-refractivity contribution in [2.75, 3.05) is 16.0 Å². The first-order chi connectivity index (χ1) is 15.0. The molecule has 0 spiro atoms. The number of hydrogen-bond donors (Lipinski definition) is 4. The number of aryl methyl sites for hydroxylation is 1. The van der Waals surface area contributed by atoms with Gasteiger partial charge in [-0.1, -0.05) is 18.2 Å². The Morgan fingerprint density at radius 3 is 2.31 bits per heavy atom. The van der Waals surface area contributed by atoms with Crippen molar-refractivity contribution in [2.24, 2.45) is 5.73 Å². The number of nitrogens with one attached hydrogen (secondary N) is 3. The van der Waals surface area contributed by atoms with Crippen LogP contribution in [0.15, 0.2) is 48.7 Å². The van der Waals surface area contributed by atoms with Crippen molar-refractivity contribution in [1.82, 2.24) is 9.97 Å². The standard InChI is InChI=1S/C21H19F3N6O2/c1-11-7-8-13(18(25)32)9-17(11)29-20-26-10-14(21(22,23)24)19(30-20)28-16-6-4-3-5-15(16)27-12(2)31/h3-10H,1-2H3,(H2,25,32)(H,27,31)(H2,26,28,29,30). The number of carbonyl (C=O) groups excluding carboxylic acids is 2. The fraction of sp³-hybridized carbons (Fsp3) is 0.143. The number of alkyl halides is 3. The summed E-state index contributed by atoms with van der Waals surface area (Å²) >= 11 is 0. The van der Waals surface area contributed by atoms with Crippen LogP contribution in [0.5, 0.6) is 0 Å². The Morgan fingerprint density at radius 1 is 1.00 bits per heavy atom. The Balaban J connectivity index is 2.01. The lowest BCUT2D eigenvalue weighted by molar-refractivity contribution is -0.137. The first-order valence-corrected chi connectivity index (χ1v) is 9.30. The first-order valence-electron chi connectivity index (χ1n) is 9.30. The molecule has 1 aromatic heterocycles. The predicted octanol–water partition coefficient (Wildman–Crippen LogP) is 4.35. The summed E-state index contributed by atoms with van der Waals surface area (Å²) in [7, 11) is 0. The van der Waals surface area contributed by atoms with Crippen molar-refractivity contribution in [3.63, 3.8) is 0 Å². The van der Waals surface area contributed by atoms with Crippen LogP contribution < -0.4 is 21.7 Å². The number of hydrogen-bond acceptors (Lipinski definition) is 6. The second-order valence-electron chi connectivity index (χ2n) is 6.82. The summed E-state index contributed by atoms with van der Waals surface area (Å²) in [6, 6.07) is 10.9. The van der Waals surface area contributed by atoms with Crippen LogP contribution >= 0.6 is 0 Å². The molecule has 1 heterocycles. The van der Waals surface area contributed by atoms with Gasteiger partial charge in [-0.3, -0.25) is 9.59 Å². The van der Waals surface area contributed by atoms with Gasteiger partial charge < -0.3 is 21.7 Å². The quantitative estimate of drug-likeness (QED) is 0.449. The van der Waals surface area contributed by atoms with Gasteiger partial charge in [0.25, 0.3) is 0 Å². The molecule has 0 aliphatic rings. The maximum atomic E-state index is 13.6. The van der Waals surface area contributed by atoms with Gasteiger partial charge in [0.05, 0.1) is 11.4 Å². The first kappa shape index (κ1) is 22.5. The zero-order valence-corrected chi connectivity index (χ0v) is 17.0. The van der Waals surface area contributed by atoms with Gasteiger partial charge in [0.15, 0.2) is 0 Å². The minimum Gasteiger partial charge on any atom is -0.366 e. The molecule has 2 aromatic carbocycles. The van der Waals surface area contributed by atoms with Crippen LogP contribution in [-0.4, -0.2) is 21.8 Å². The summed E-state index contributed by atoms with van der Waals surface area (Å²) in [5.41, 5.74) is 6.01. The fourth-order valence-electron chi connectivity index (χ4n) is 2.79. The van der Waals surface area contributed by atoms with E-state index in [9.17, 15) is 22.8 Å². The van der Waals surface area contributed by atoms with Crippen molar-refractivity contribution in [3.05, 3.63) is 65.4 Å². The van der Waals surface area contributed by atoms with E-state index in [0.717, 1.165) is 0 Å². The Hall–Kier alpha value is -4.15. The topological polar surface area (TPSA) is 122 Å². The van der Waals surface area contributed by atoms with Crippen LogP contribution in [0.1, 0.15) is 28.4 Å². The molecular formula is C21H19F3N6O2. The van der Waals surface area contributed by atoms with Crippen molar-refractivity contribution < 1.29 is 22.8 Å². The van der Waals surface area contributed by atoms with E-state index in [1.807, 2.05) is 0 Å². The van der Waals surface area contributed by atoms with E-state index in [1.54, 1.807) is 25.1 Å². The number of rotatable bonds is 6. The average Bonchev–Trinajstić information content (AvgIpc) is 2.70.